The van der Waals surface area contributed by atoms with Gasteiger partial charge in [-0.25, -0.2) is 0 Å². The van der Waals surface area contributed by atoms with Gasteiger partial charge in [-0.1, -0.05) is 6.42 Å². The molecule has 2 aliphatic rings. The summed E-state index contributed by atoms with van der Waals surface area (Å²) in [6.07, 6.45) is 8.21. The van der Waals surface area contributed by atoms with Crippen molar-refractivity contribution in [2.75, 3.05) is 7.05 Å². The zero-order valence-electron chi connectivity index (χ0n) is 8.55. The minimum Gasteiger partial charge on any atom is -0.390 e. The highest BCUT2D eigenvalue weighted by atomic mass is 16.3. The van der Waals surface area contributed by atoms with Gasteiger partial charge < -0.3 is 10.4 Å². The SMILES string of the molecule is CNC1CCC(O)(C2CCC2)CC1. The quantitative estimate of drug-likeness (QED) is 0.682. The van der Waals surface area contributed by atoms with Crippen LogP contribution in [0.25, 0.3) is 0 Å². The summed E-state index contributed by atoms with van der Waals surface area (Å²) in [5, 5.41) is 13.7. The second kappa shape index (κ2) is 3.58. The van der Waals surface area contributed by atoms with Crippen molar-refractivity contribution in [3.05, 3.63) is 0 Å². The van der Waals surface area contributed by atoms with E-state index in [1.165, 1.54) is 19.3 Å². The van der Waals surface area contributed by atoms with Gasteiger partial charge in [-0.15, -0.1) is 0 Å². The summed E-state index contributed by atoms with van der Waals surface area (Å²) in [6, 6.07) is 0.653. The van der Waals surface area contributed by atoms with Crippen molar-refractivity contribution in [3.63, 3.8) is 0 Å². The Kier molecular flexibility index (Phi) is 2.61. The molecule has 76 valence electrons. The van der Waals surface area contributed by atoms with Crippen LogP contribution in [0, 0.1) is 5.92 Å². The molecule has 0 bridgehead atoms. The van der Waals surface area contributed by atoms with Crippen molar-refractivity contribution < 1.29 is 5.11 Å². The van der Waals surface area contributed by atoms with Crippen LogP contribution < -0.4 is 5.32 Å². The molecule has 0 heterocycles. The van der Waals surface area contributed by atoms with Gasteiger partial charge in [-0.3, -0.25) is 0 Å². The smallest absolute Gasteiger partial charge is 0.0677 e. The second-order valence-corrected chi connectivity index (χ2v) is 4.79. The first kappa shape index (κ1) is 9.47. The number of hydrogen-bond acceptors (Lipinski definition) is 2. The van der Waals surface area contributed by atoms with Crippen LogP contribution in [0.3, 0.4) is 0 Å². The second-order valence-electron chi connectivity index (χ2n) is 4.79. The van der Waals surface area contributed by atoms with Crippen molar-refractivity contribution in [3.8, 4) is 0 Å². The summed E-state index contributed by atoms with van der Waals surface area (Å²) in [7, 11) is 2.03. The molecule has 13 heavy (non-hydrogen) atoms. The Morgan fingerprint density at radius 3 is 2.15 bits per heavy atom. The average Bonchev–Trinajstić information content (AvgIpc) is 2.02. The van der Waals surface area contributed by atoms with E-state index >= 15 is 0 Å². The van der Waals surface area contributed by atoms with Gasteiger partial charge in [-0.2, -0.15) is 0 Å². The Labute approximate surface area is 80.7 Å². The van der Waals surface area contributed by atoms with Gasteiger partial charge in [0.15, 0.2) is 0 Å². The zero-order valence-corrected chi connectivity index (χ0v) is 8.55. The highest BCUT2D eigenvalue weighted by Gasteiger charge is 2.42. The fraction of sp³-hybridized carbons (Fsp3) is 1.00. The molecule has 0 amide bonds. The summed E-state index contributed by atoms with van der Waals surface area (Å²) >= 11 is 0. The molecule has 0 saturated heterocycles. The molecule has 0 radical (unpaired) electrons. The zero-order chi connectivity index (χ0) is 9.31. The number of rotatable bonds is 2. The number of nitrogens with one attached hydrogen (secondary N) is 1. The molecule has 2 nitrogen and oxygen atoms in total. The molecule has 2 rings (SSSR count). The first-order valence-electron chi connectivity index (χ1n) is 5.64. The first-order valence-corrected chi connectivity index (χ1v) is 5.64. The molecule has 0 aromatic heterocycles. The maximum absolute atomic E-state index is 10.4. The molecule has 0 aromatic rings. The Bertz CT molecular complexity index is 169. The minimum absolute atomic E-state index is 0.286. The van der Waals surface area contributed by atoms with Crippen molar-refractivity contribution in [1.29, 1.82) is 0 Å². The lowest BCUT2D eigenvalue weighted by molar-refractivity contribution is -0.0806. The van der Waals surface area contributed by atoms with Gasteiger partial charge in [0.1, 0.15) is 0 Å². The fourth-order valence-electron chi connectivity index (χ4n) is 2.76. The average molecular weight is 183 g/mol. The molecular formula is C11H21NO. The standard InChI is InChI=1S/C11H21NO/c1-12-10-5-7-11(13,8-6-10)9-3-2-4-9/h9-10,12-13H,2-8H2,1H3. The van der Waals surface area contributed by atoms with E-state index in [4.69, 9.17) is 0 Å². The van der Waals surface area contributed by atoms with Crippen LogP contribution in [0.2, 0.25) is 0 Å². The highest BCUT2D eigenvalue weighted by Crippen LogP contribution is 2.44. The molecule has 2 saturated carbocycles. The van der Waals surface area contributed by atoms with Crippen molar-refractivity contribution in [2.45, 2.75) is 56.6 Å². The van der Waals surface area contributed by atoms with Gasteiger partial charge in [0.25, 0.3) is 0 Å². The largest absolute Gasteiger partial charge is 0.390 e. The third kappa shape index (κ3) is 1.75. The van der Waals surface area contributed by atoms with Crippen LogP contribution in [0.1, 0.15) is 44.9 Å². The molecular weight excluding hydrogens is 162 g/mol. The molecule has 0 atom stereocenters. The van der Waals surface area contributed by atoms with Crippen LogP contribution in [0.15, 0.2) is 0 Å². The van der Waals surface area contributed by atoms with E-state index in [-0.39, 0.29) is 5.60 Å². The minimum atomic E-state index is -0.286. The molecule has 0 unspecified atom stereocenters. The number of hydrogen-bond donors (Lipinski definition) is 2. The summed E-state index contributed by atoms with van der Waals surface area (Å²) < 4.78 is 0. The molecule has 0 spiro atoms. The van der Waals surface area contributed by atoms with E-state index in [0.29, 0.717) is 12.0 Å². The van der Waals surface area contributed by atoms with E-state index in [1.807, 2.05) is 7.05 Å². The van der Waals surface area contributed by atoms with E-state index in [1.54, 1.807) is 0 Å². The lowest BCUT2D eigenvalue weighted by Gasteiger charge is -2.45. The third-order valence-corrected chi connectivity index (χ3v) is 4.12. The maximum Gasteiger partial charge on any atom is 0.0677 e. The predicted octanol–water partition coefficient (Wildman–Crippen LogP) is 1.68. The third-order valence-electron chi connectivity index (χ3n) is 4.12. The van der Waals surface area contributed by atoms with Crippen LogP contribution in [0.5, 0.6) is 0 Å². The van der Waals surface area contributed by atoms with Gasteiger partial charge in [0, 0.05) is 6.04 Å². The van der Waals surface area contributed by atoms with Gasteiger partial charge in [0.05, 0.1) is 5.60 Å². The normalized spacial score (nSPS) is 41.5. The van der Waals surface area contributed by atoms with Crippen molar-refractivity contribution in [1.82, 2.24) is 5.32 Å². The molecule has 2 aliphatic carbocycles. The summed E-state index contributed by atoms with van der Waals surface area (Å²) in [6.45, 7) is 0. The summed E-state index contributed by atoms with van der Waals surface area (Å²) in [5.74, 6) is 0.630. The van der Waals surface area contributed by atoms with Crippen LogP contribution in [-0.4, -0.2) is 23.8 Å². The first-order chi connectivity index (χ1) is 6.24. The molecule has 0 aromatic carbocycles. The highest BCUT2D eigenvalue weighted by molar-refractivity contribution is 4.95. The Morgan fingerprint density at radius 1 is 1.15 bits per heavy atom. The van der Waals surface area contributed by atoms with Crippen molar-refractivity contribution in [2.24, 2.45) is 5.92 Å². The summed E-state index contributed by atoms with van der Waals surface area (Å²) in [4.78, 5) is 0. The van der Waals surface area contributed by atoms with Crippen LogP contribution >= 0.6 is 0 Å². The lowest BCUT2D eigenvalue weighted by atomic mass is 9.66. The van der Waals surface area contributed by atoms with Crippen LogP contribution in [-0.2, 0) is 0 Å². The van der Waals surface area contributed by atoms with E-state index in [0.717, 1.165) is 25.7 Å². The predicted molar refractivity (Wildman–Crippen MR) is 53.6 cm³/mol. The Hall–Kier alpha value is -0.0800. The van der Waals surface area contributed by atoms with Crippen molar-refractivity contribution >= 4 is 0 Å². The monoisotopic (exact) mass is 183 g/mol. The number of aliphatic hydroxyl groups is 1. The molecule has 2 fully saturated rings. The topological polar surface area (TPSA) is 32.3 Å². The fourth-order valence-corrected chi connectivity index (χ4v) is 2.76. The van der Waals surface area contributed by atoms with E-state index in [2.05, 4.69) is 5.32 Å². The molecule has 2 heteroatoms. The Balaban J connectivity index is 1.87. The molecule has 2 N–H and O–H groups in total. The molecule has 0 aliphatic heterocycles. The maximum atomic E-state index is 10.4. The lowest BCUT2D eigenvalue weighted by Crippen LogP contribution is -2.47. The van der Waals surface area contributed by atoms with E-state index in [9.17, 15) is 5.11 Å². The summed E-state index contributed by atoms with van der Waals surface area (Å²) in [5.41, 5.74) is -0.286. The van der Waals surface area contributed by atoms with Gasteiger partial charge in [0.2, 0.25) is 0 Å². The van der Waals surface area contributed by atoms with Gasteiger partial charge >= 0.3 is 0 Å². The van der Waals surface area contributed by atoms with Gasteiger partial charge in [-0.05, 0) is 51.5 Å². The van der Waals surface area contributed by atoms with E-state index < -0.39 is 0 Å². The van der Waals surface area contributed by atoms with Crippen LogP contribution in [0.4, 0.5) is 0 Å². The Morgan fingerprint density at radius 2 is 1.77 bits per heavy atom.